The van der Waals surface area contributed by atoms with Crippen molar-refractivity contribution in [2.75, 3.05) is 57.9 Å². The maximum atomic E-state index is 13.2. The van der Waals surface area contributed by atoms with Gasteiger partial charge in [-0.2, -0.15) is 11.8 Å². The molecule has 0 spiro atoms. The van der Waals surface area contributed by atoms with Gasteiger partial charge in [0.05, 0.1) is 25.3 Å². The third-order valence-corrected chi connectivity index (χ3v) is 6.55. The smallest absolute Gasteiger partial charge is 0.194 e. The number of hydrogen-bond acceptors (Lipinski definition) is 4. The summed E-state index contributed by atoms with van der Waals surface area (Å²) >= 11 is 2.03. The third kappa shape index (κ3) is 5.36. The van der Waals surface area contributed by atoms with Crippen LogP contribution in [0.5, 0.6) is 0 Å². The van der Waals surface area contributed by atoms with Gasteiger partial charge in [0.25, 0.3) is 0 Å². The molecule has 2 aliphatic rings. The van der Waals surface area contributed by atoms with Crippen LogP contribution in [0.2, 0.25) is 0 Å². The minimum Gasteiger partial charge on any atom is -0.379 e. The molecule has 7 heteroatoms. The molecule has 0 saturated carbocycles. The van der Waals surface area contributed by atoms with Crippen LogP contribution in [0, 0.1) is 5.82 Å². The molecule has 150 valence electrons. The summed E-state index contributed by atoms with van der Waals surface area (Å²) in [6.45, 7) is 8.05. The fourth-order valence-electron chi connectivity index (χ4n) is 3.74. The molecule has 3 rings (SSSR count). The fourth-order valence-corrected chi connectivity index (χ4v) is 5.21. The molecule has 27 heavy (non-hydrogen) atoms. The van der Waals surface area contributed by atoms with E-state index in [9.17, 15) is 4.39 Å². The molecule has 1 aromatic carbocycles. The lowest BCUT2D eigenvalue weighted by atomic mass is 9.96. The molecule has 2 aliphatic heterocycles. The Morgan fingerprint density at radius 3 is 2.70 bits per heavy atom. The van der Waals surface area contributed by atoms with Crippen LogP contribution in [0.25, 0.3) is 0 Å². The van der Waals surface area contributed by atoms with Crippen molar-refractivity contribution in [2.45, 2.75) is 25.4 Å². The van der Waals surface area contributed by atoms with Gasteiger partial charge in [-0.1, -0.05) is 12.1 Å². The van der Waals surface area contributed by atoms with E-state index < -0.39 is 0 Å². The molecule has 1 atom stereocenters. The molecule has 2 fully saturated rings. The highest BCUT2D eigenvalue weighted by molar-refractivity contribution is 7.99. The Hall–Kier alpha value is -1.31. The lowest BCUT2D eigenvalue weighted by molar-refractivity contribution is -0.0105. The van der Waals surface area contributed by atoms with E-state index in [2.05, 4.69) is 22.0 Å². The van der Waals surface area contributed by atoms with Crippen molar-refractivity contribution in [3.63, 3.8) is 0 Å². The van der Waals surface area contributed by atoms with Gasteiger partial charge in [-0.05, 0) is 36.8 Å². The summed E-state index contributed by atoms with van der Waals surface area (Å²) in [6, 6.07) is 6.68. The second-order valence-electron chi connectivity index (χ2n) is 7.28. The number of thioether (sulfide) groups is 1. The summed E-state index contributed by atoms with van der Waals surface area (Å²) in [5.41, 5.74) is 1.22. The van der Waals surface area contributed by atoms with Gasteiger partial charge in [-0.3, -0.25) is 9.89 Å². The highest BCUT2D eigenvalue weighted by Gasteiger charge is 2.40. The predicted molar refractivity (Wildman–Crippen MR) is 111 cm³/mol. The van der Waals surface area contributed by atoms with E-state index in [0.717, 1.165) is 56.7 Å². The molecule has 1 unspecified atom stereocenters. The van der Waals surface area contributed by atoms with E-state index in [1.807, 2.05) is 30.9 Å². The van der Waals surface area contributed by atoms with Crippen LogP contribution in [0.15, 0.2) is 29.3 Å². The van der Waals surface area contributed by atoms with Crippen molar-refractivity contribution in [3.05, 3.63) is 35.6 Å². The molecule has 5 nitrogen and oxygen atoms in total. The summed E-state index contributed by atoms with van der Waals surface area (Å²) in [5.74, 6) is 3.05. The van der Waals surface area contributed by atoms with Gasteiger partial charge >= 0.3 is 0 Å². The Kier molecular flexibility index (Phi) is 7.38. The zero-order valence-corrected chi connectivity index (χ0v) is 17.2. The van der Waals surface area contributed by atoms with Crippen LogP contribution < -0.4 is 5.32 Å². The molecule has 2 saturated heterocycles. The maximum absolute atomic E-state index is 13.2. The number of rotatable bonds is 6. The van der Waals surface area contributed by atoms with Crippen molar-refractivity contribution in [1.29, 1.82) is 0 Å². The average molecular weight is 395 g/mol. The molecule has 1 N–H and O–H groups in total. The first-order valence-corrected chi connectivity index (χ1v) is 10.9. The molecule has 2 heterocycles. The fraction of sp³-hybridized carbons (Fsp3) is 0.650. The average Bonchev–Trinajstić information content (AvgIpc) is 3.18. The van der Waals surface area contributed by atoms with E-state index in [4.69, 9.17) is 9.73 Å². The highest BCUT2D eigenvalue weighted by Crippen LogP contribution is 2.34. The van der Waals surface area contributed by atoms with Gasteiger partial charge in [0.1, 0.15) is 5.82 Å². The Balaban J connectivity index is 1.70. The first-order valence-electron chi connectivity index (χ1n) is 9.77. The van der Waals surface area contributed by atoms with Crippen LogP contribution in [0.4, 0.5) is 4.39 Å². The second-order valence-corrected chi connectivity index (χ2v) is 8.38. The minimum atomic E-state index is -0.201. The number of hydrogen-bond donors (Lipinski definition) is 1. The standard InChI is InChI=1S/C20H31FN4OS/c1-3-22-19(24(2)14-17-4-6-18(21)7-5-17)23-15-20(8-13-27-16-20)25-9-11-26-12-10-25/h4-7H,3,8-16H2,1-2H3,(H,22,23). The molecular formula is C20H31FN4OS. The predicted octanol–water partition coefficient (Wildman–Crippen LogP) is 2.43. The van der Waals surface area contributed by atoms with Crippen molar-refractivity contribution in [2.24, 2.45) is 4.99 Å². The number of nitrogens with zero attached hydrogens (tertiary/aromatic N) is 3. The van der Waals surface area contributed by atoms with Gasteiger partial charge in [-0.25, -0.2) is 4.39 Å². The first kappa shape index (κ1) is 20.4. The molecule has 0 aliphatic carbocycles. The lowest BCUT2D eigenvalue weighted by Gasteiger charge is -2.42. The normalized spacial score (nSPS) is 24.2. The van der Waals surface area contributed by atoms with Crippen molar-refractivity contribution in [1.82, 2.24) is 15.1 Å². The van der Waals surface area contributed by atoms with Crippen LogP contribution in [0.3, 0.4) is 0 Å². The van der Waals surface area contributed by atoms with E-state index in [-0.39, 0.29) is 11.4 Å². The SMILES string of the molecule is CCNC(=NCC1(N2CCOCC2)CCSC1)N(C)Cc1ccc(F)cc1. The molecule has 0 radical (unpaired) electrons. The second kappa shape index (κ2) is 9.75. The molecule has 1 aromatic rings. The Labute approximate surface area is 166 Å². The minimum absolute atomic E-state index is 0.145. The number of nitrogens with one attached hydrogen (secondary N) is 1. The van der Waals surface area contributed by atoms with Crippen molar-refractivity contribution in [3.8, 4) is 0 Å². The molecule has 0 bridgehead atoms. The summed E-state index contributed by atoms with van der Waals surface area (Å²) in [7, 11) is 2.04. The first-order chi connectivity index (χ1) is 13.1. The van der Waals surface area contributed by atoms with Gasteiger partial charge in [0, 0.05) is 39.0 Å². The number of aliphatic imine (C=N–C) groups is 1. The van der Waals surface area contributed by atoms with Crippen LogP contribution in [-0.2, 0) is 11.3 Å². The third-order valence-electron chi connectivity index (χ3n) is 5.32. The van der Waals surface area contributed by atoms with Crippen molar-refractivity contribution < 1.29 is 9.13 Å². The van der Waals surface area contributed by atoms with E-state index in [1.165, 1.54) is 24.3 Å². The number of ether oxygens (including phenoxy) is 1. The van der Waals surface area contributed by atoms with Crippen LogP contribution in [0.1, 0.15) is 18.9 Å². The van der Waals surface area contributed by atoms with E-state index in [0.29, 0.717) is 6.54 Å². The zero-order chi connectivity index (χ0) is 19.1. The molecular weight excluding hydrogens is 363 g/mol. The Morgan fingerprint density at radius 1 is 1.33 bits per heavy atom. The monoisotopic (exact) mass is 394 g/mol. The quantitative estimate of drug-likeness (QED) is 0.593. The lowest BCUT2D eigenvalue weighted by Crippen LogP contribution is -2.56. The molecule has 0 aromatic heterocycles. The highest BCUT2D eigenvalue weighted by atomic mass is 32.2. The summed E-state index contributed by atoms with van der Waals surface area (Å²) in [5, 5.41) is 3.41. The van der Waals surface area contributed by atoms with E-state index >= 15 is 0 Å². The zero-order valence-electron chi connectivity index (χ0n) is 16.4. The van der Waals surface area contributed by atoms with Gasteiger partial charge in [0.2, 0.25) is 0 Å². The summed E-state index contributed by atoms with van der Waals surface area (Å²) < 4.78 is 18.7. The van der Waals surface area contributed by atoms with Crippen LogP contribution in [-0.4, -0.2) is 79.2 Å². The number of halogens is 1. The van der Waals surface area contributed by atoms with Gasteiger partial charge < -0.3 is 15.0 Å². The summed E-state index contributed by atoms with van der Waals surface area (Å²) in [6.07, 6.45) is 1.18. The summed E-state index contributed by atoms with van der Waals surface area (Å²) in [4.78, 5) is 9.72. The van der Waals surface area contributed by atoms with E-state index in [1.54, 1.807) is 0 Å². The Morgan fingerprint density at radius 2 is 2.07 bits per heavy atom. The van der Waals surface area contributed by atoms with Gasteiger partial charge in [-0.15, -0.1) is 0 Å². The number of morpholine rings is 1. The number of benzene rings is 1. The Bertz CT molecular complexity index is 613. The van der Waals surface area contributed by atoms with Gasteiger partial charge in [0.15, 0.2) is 5.96 Å². The maximum Gasteiger partial charge on any atom is 0.194 e. The van der Waals surface area contributed by atoms with Crippen molar-refractivity contribution >= 4 is 17.7 Å². The molecule has 0 amide bonds. The number of guanidine groups is 1. The largest absolute Gasteiger partial charge is 0.379 e. The van der Waals surface area contributed by atoms with Crippen LogP contribution >= 0.6 is 11.8 Å². The topological polar surface area (TPSA) is 40.1 Å².